The molecule has 0 unspecified atom stereocenters. The van der Waals surface area contributed by atoms with E-state index in [1.807, 2.05) is 31.3 Å². The second kappa shape index (κ2) is 8.05. The van der Waals surface area contributed by atoms with Gasteiger partial charge in [-0.1, -0.05) is 41.4 Å². The lowest BCUT2D eigenvalue weighted by Gasteiger charge is -2.40. The number of fused-ring (bicyclic) bond motifs is 1. The molecule has 0 saturated carbocycles. The van der Waals surface area contributed by atoms with Gasteiger partial charge in [-0.3, -0.25) is 14.5 Å². The Morgan fingerprint density at radius 3 is 2.45 bits per heavy atom. The van der Waals surface area contributed by atoms with Crippen molar-refractivity contribution >= 4 is 63.4 Å². The number of anilines is 1. The molecule has 2 aromatic rings. The molecule has 2 aromatic carbocycles. The summed E-state index contributed by atoms with van der Waals surface area (Å²) < 4.78 is 0. The molecule has 0 aromatic heterocycles. The fourth-order valence-corrected chi connectivity index (χ4v) is 5.02. The topological polar surface area (TPSA) is 40.6 Å². The van der Waals surface area contributed by atoms with Crippen molar-refractivity contribution in [2.75, 3.05) is 11.9 Å². The van der Waals surface area contributed by atoms with Crippen LogP contribution in [-0.4, -0.2) is 28.6 Å². The summed E-state index contributed by atoms with van der Waals surface area (Å²) in [7, 11) is 2.04. The number of hydrogen-bond acceptors (Lipinski definition) is 4. The van der Waals surface area contributed by atoms with Gasteiger partial charge in [0.05, 0.1) is 17.0 Å². The number of allylic oxidation sites excluding steroid dienone is 1. The largest absolute Gasteiger partial charge is 0.365 e. The molecule has 0 spiro atoms. The van der Waals surface area contributed by atoms with Crippen molar-refractivity contribution in [2.45, 2.75) is 32.9 Å². The van der Waals surface area contributed by atoms with Crippen LogP contribution in [0, 0.1) is 0 Å². The van der Waals surface area contributed by atoms with Gasteiger partial charge in [-0.05, 0) is 79.6 Å². The molecule has 2 aliphatic rings. The quantitative estimate of drug-likeness (QED) is 0.457. The van der Waals surface area contributed by atoms with Crippen molar-refractivity contribution in [3.05, 3.63) is 74.1 Å². The highest BCUT2D eigenvalue weighted by atomic mass is 35.5. The van der Waals surface area contributed by atoms with Crippen LogP contribution < -0.4 is 4.90 Å². The Morgan fingerprint density at radius 1 is 1.10 bits per heavy atom. The van der Waals surface area contributed by atoms with Crippen molar-refractivity contribution in [2.24, 2.45) is 0 Å². The Balaban J connectivity index is 1.65. The molecule has 7 heteroatoms. The van der Waals surface area contributed by atoms with Crippen molar-refractivity contribution in [3.8, 4) is 0 Å². The minimum absolute atomic E-state index is 0.119. The second-order valence-electron chi connectivity index (χ2n) is 8.33. The summed E-state index contributed by atoms with van der Waals surface area (Å²) in [5, 5.41) is 0.858. The molecule has 0 aliphatic carbocycles. The van der Waals surface area contributed by atoms with Gasteiger partial charge in [0, 0.05) is 28.3 Å². The molecule has 1 saturated heterocycles. The van der Waals surface area contributed by atoms with Crippen LogP contribution in [0.3, 0.4) is 0 Å². The van der Waals surface area contributed by atoms with E-state index in [1.165, 1.54) is 4.90 Å². The standard InChI is InChI=1S/C24H22Cl2N2O2S/c1-14-12-24(2,3)27(4)20-11-19(26)16(9-18(14)20)10-21-22(29)28(23(30)31-21)13-15-5-7-17(25)8-6-15/h5-12H,13H2,1-4H3/b21-10-. The van der Waals surface area contributed by atoms with Crippen LogP contribution in [0.2, 0.25) is 10.0 Å². The van der Waals surface area contributed by atoms with Gasteiger partial charge in [0.25, 0.3) is 11.1 Å². The normalized spacial score (nSPS) is 19.2. The van der Waals surface area contributed by atoms with E-state index in [4.69, 9.17) is 23.2 Å². The minimum atomic E-state index is -0.316. The van der Waals surface area contributed by atoms with E-state index in [9.17, 15) is 9.59 Å². The number of carbonyl (C=O) groups excluding carboxylic acids is 2. The molecule has 0 atom stereocenters. The molecule has 2 amide bonds. The number of imide groups is 1. The van der Waals surface area contributed by atoms with Crippen LogP contribution in [0.5, 0.6) is 0 Å². The maximum Gasteiger partial charge on any atom is 0.293 e. The Labute approximate surface area is 196 Å². The SMILES string of the molecule is CC1=CC(C)(C)N(C)c2cc(Cl)c(/C=C3\SC(=O)N(Cc4ccc(Cl)cc4)C3=O)cc21. The molecule has 4 rings (SSSR count). The Hall–Kier alpha value is -2.21. The summed E-state index contributed by atoms with van der Waals surface area (Å²) >= 11 is 13.4. The lowest BCUT2D eigenvalue weighted by atomic mass is 9.88. The zero-order valence-electron chi connectivity index (χ0n) is 17.7. The number of carbonyl (C=O) groups is 2. The van der Waals surface area contributed by atoms with E-state index in [2.05, 4.69) is 31.7 Å². The van der Waals surface area contributed by atoms with Crippen LogP contribution in [0.4, 0.5) is 10.5 Å². The lowest BCUT2D eigenvalue weighted by Crippen LogP contribution is -2.42. The monoisotopic (exact) mass is 472 g/mol. The molecule has 2 aliphatic heterocycles. The van der Waals surface area contributed by atoms with E-state index in [-0.39, 0.29) is 23.2 Å². The zero-order chi connectivity index (χ0) is 22.5. The summed E-state index contributed by atoms with van der Waals surface area (Å²) in [6.07, 6.45) is 3.93. The summed E-state index contributed by atoms with van der Waals surface area (Å²) in [5.41, 5.74) is 4.71. The first-order valence-electron chi connectivity index (χ1n) is 9.84. The van der Waals surface area contributed by atoms with Crippen LogP contribution >= 0.6 is 35.0 Å². The van der Waals surface area contributed by atoms with E-state index in [0.29, 0.717) is 15.0 Å². The van der Waals surface area contributed by atoms with Gasteiger partial charge in [-0.2, -0.15) is 0 Å². The summed E-state index contributed by atoms with van der Waals surface area (Å²) in [6.45, 7) is 6.58. The van der Waals surface area contributed by atoms with Gasteiger partial charge in [-0.25, -0.2) is 0 Å². The average Bonchev–Trinajstić information content (AvgIpc) is 2.96. The summed E-state index contributed by atoms with van der Waals surface area (Å²) in [5.74, 6) is -0.316. The average molecular weight is 473 g/mol. The Bertz CT molecular complexity index is 1150. The maximum absolute atomic E-state index is 12.9. The number of benzene rings is 2. The van der Waals surface area contributed by atoms with E-state index < -0.39 is 0 Å². The number of amides is 2. The minimum Gasteiger partial charge on any atom is -0.365 e. The fourth-order valence-electron chi connectivity index (χ4n) is 3.85. The van der Waals surface area contributed by atoms with Gasteiger partial charge in [0.2, 0.25) is 0 Å². The third-order valence-electron chi connectivity index (χ3n) is 5.75. The first-order valence-corrected chi connectivity index (χ1v) is 11.4. The van der Waals surface area contributed by atoms with Crippen LogP contribution in [0.25, 0.3) is 11.6 Å². The number of halogens is 2. The van der Waals surface area contributed by atoms with Crippen molar-refractivity contribution in [1.82, 2.24) is 4.90 Å². The first kappa shape index (κ1) is 22.0. The van der Waals surface area contributed by atoms with Crippen LogP contribution in [0.15, 0.2) is 47.4 Å². The fraction of sp³-hybridized carbons (Fsp3) is 0.250. The molecule has 0 bridgehead atoms. The number of hydrogen-bond donors (Lipinski definition) is 0. The van der Waals surface area contributed by atoms with E-state index in [0.717, 1.165) is 39.7 Å². The molecule has 0 N–H and O–H groups in total. The molecule has 2 heterocycles. The smallest absolute Gasteiger partial charge is 0.293 e. The first-order chi connectivity index (χ1) is 14.6. The summed E-state index contributed by atoms with van der Waals surface area (Å²) in [6, 6.07) is 11.0. The van der Waals surface area contributed by atoms with Crippen molar-refractivity contribution in [1.29, 1.82) is 0 Å². The zero-order valence-corrected chi connectivity index (χ0v) is 20.0. The number of thioether (sulfide) groups is 1. The highest BCUT2D eigenvalue weighted by Crippen LogP contribution is 2.42. The van der Waals surface area contributed by atoms with E-state index in [1.54, 1.807) is 18.2 Å². The van der Waals surface area contributed by atoms with Gasteiger partial charge in [-0.15, -0.1) is 0 Å². The molecule has 0 radical (unpaired) electrons. The predicted molar refractivity (Wildman–Crippen MR) is 131 cm³/mol. The van der Waals surface area contributed by atoms with Gasteiger partial charge in [0.15, 0.2) is 0 Å². The Morgan fingerprint density at radius 2 is 1.77 bits per heavy atom. The maximum atomic E-state index is 12.9. The number of nitrogens with zero attached hydrogens (tertiary/aromatic N) is 2. The molecule has 1 fully saturated rings. The predicted octanol–water partition coefficient (Wildman–Crippen LogP) is 6.86. The number of likely N-dealkylation sites (N-methyl/N-ethyl adjacent to an activating group) is 1. The number of rotatable bonds is 3. The van der Waals surface area contributed by atoms with Crippen molar-refractivity contribution in [3.63, 3.8) is 0 Å². The molecule has 160 valence electrons. The van der Waals surface area contributed by atoms with E-state index >= 15 is 0 Å². The lowest BCUT2D eigenvalue weighted by molar-refractivity contribution is -0.123. The highest BCUT2D eigenvalue weighted by Gasteiger charge is 2.35. The molecule has 31 heavy (non-hydrogen) atoms. The van der Waals surface area contributed by atoms with Gasteiger partial charge < -0.3 is 4.90 Å². The third kappa shape index (κ3) is 4.14. The highest BCUT2D eigenvalue weighted by molar-refractivity contribution is 8.18. The van der Waals surface area contributed by atoms with Crippen LogP contribution in [-0.2, 0) is 11.3 Å². The Kier molecular flexibility index (Phi) is 5.71. The van der Waals surface area contributed by atoms with Gasteiger partial charge in [0.1, 0.15) is 0 Å². The van der Waals surface area contributed by atoms with Crippen LogP contribution in [0.1, 0.15) is 37.5 Å². The molecular formula is C24H22Cl2N2O2S. The second-order valence-corrected chi connectivity index (χ2v) is 10.2. The molecular weight excluding hydrogens is 451 g/mol. The van der Waals surface area contributed by atoms with Crippen molar-refractivity contribution < 1.29 is 9.59 Å². The third-order valence-corrected chi connectivity index (χ3v) is 7.24. The summed E-state index contributed by atoms with van der Waals surface area (Å²) in [4.78, 5) is 29.2. The van der Waals surface area contributed by atoms with Gasteiger partial charge >= 0.3 is 0 Å². The molecule has 4 nitrogen and oxygen atoms in total.